The predicted octanol–water partition coefficient (Wildman–Crippen LogP) is 0.0755. The van der Waals surface area contributed by atoms with Crippen LogP contribution >= 0.6 is 0 Å². The molecule has 5 heteroatoms. The Morgan fingerprint density at radius 2 is 1.89 bits per heavy atom. The summed E-state index contributed by atoms with van der Waals surface area (Å²) < 4.78 is 0. The Morgan fingerprint density at radius 1 is 1.26 bits per heavy atom. The monoisotopic (exact) mass is 259 g/mol. The van der Waals surface area contributed by atoms with Gasteiger partial charge in [-0.2, -0.15) is 0 Å². The van der Waals surface area contributed by atoms with Crippen LogP contribution in [0.25, 0.3) is 0 Å². The molecule has 0 aromatic heterocycles. The summed E-state index contributed by atoms with van der Waals surface area (Å²) in [5, 5.41) is 10.1. The molecule has 0 aliphatic heterocycles. The lowest BCUT2D eigenvalue weighted by Gasteiger charge is -2.30. The van der Waals surface area contributed by atoms with Crippen LogP contribution in [0.3, 0.4) is 0 Å². The first-order chi connectivity index (χ1) is 8.92. The molecule has 0 fully saturated rings. The Labute approximate surface area is 111 Å². The highest BCUT2D eigenvalue weighted by molar-refractivity contribution is 5.95. The summed E-state index contributed by atoms with van der Waals surface area (Å²) in [5.74, 6) is -0.516. The molecular weight excluding hydrogens is 242 g/mol. The van der Waals surface area contributed by atoms with Gasteiger partial charge in [-0.15, -0.1) is 0 Å². The maximum absolute atomic E-state index is 12.4. The molecule has 2 unspecified atom stereocenters. The van der Waals surface area contributed by atoms with E-state index in [9.17, 15) is 9.90 Å². The van der Waals surface area contributed by atoms with Crippen molar-refractivity contribution in [3.8, 4) is 0 Å². The second kappa shape index (κ2) is 4.87. The maximum atomic E-state index is 12.4. The summed E-state index contributed by atoms with van der Waals surface area (Å²) in [7, 11) is 0. The molecule has 2 rings (SSSR count). The number of hydrogen-bond donors (Lipinski definition) is 4. The van der Waals surface area contributed by atoms with E-state index in [1.54, 1.807) is 36.4 Å². The molecule has 0 radical (unpaired) electrons. The van der Waals surface area contributed by atoms with E-state index in [1.807, 2.05) is 0 Å². The second-order valence-corrected chi connectivity index (χ2v) is 4.76. The predicted molar refractivity (Wildman–Crippen MR) is 72.5 cm³/mol. The molecule has 19 heavy (non-hydrogen) atoms. The van der Waals surface area contributed by atoms with Crippen molar-refractivity contribution in [2.75, 3.05) is 0 Å². The third-order valence-corrected chi connectivity index (χ3v) is 3.10. The highest BCUT2D eigenvalue weighted by Gasteiger charge is 2.38. The van der Waals surface area contributed by atoms with Crippen LogP contribution in [0.4, 0.5) is 0 Å². The summed E-state index contributed by atoms with van der Waals surface area (Å²) in [6.45, 7) is 0. The molecule has 0 bridgehead atoms. The summed E-state index contributed by atoms with van der Waals surface area (Å²) in [6, 6.07) is 8.63. The summed E-state index contributed by atoms with van der Waals surface area (Å²) >= 11 is 0. The standard InChI is InChI=1S/C14H17N3O2/c15-10-6-11(16)8-14(17,7-10)13(19)12(18)9-4-2-1-3-5-9/h1-7,12,18H,8,15-17H2. The average molecular weight is 259 g/mol. The maximum Gasteiger partial charge on any atom is 0.189 e. The third-order valence-electron chi connectivity index (χ3n) is 3.10. The van der Waals surface area contributed by atoms with Gasteiger partial charge in [-0.05, 0) is 17.7 Å². The Kier molecular flexibility index (Phi) is 3.42. The summed E-state index contributed by atoms with van der Waals surface area (Å²) in [6.07, 6.45) is 1.86. The van der Waals surface area contributed by atoms with E-state index < -0.39 is 17.4 Å². The lowest BCUT2D eigenvalue weighted by atomic mass is 9.81. The zero-order valence-electron chi connectivity index (χ0n) is 10.4. The number of aliphatic hydroxyl groups is 1. The average Bonchev–Trinajstić information content (AvgIpc) is 2.36. The topological polar surface area (TPSA) is 115 Å². The zero-order chi connectivity index (χ0) is 14.0. The van der Waals surface area contributed by atoms with Crippen LogP contribution in [-0.2, 0) is 4.79 Å². The van der Waals surface area contributed by atoms with E-state index in [2.05, 4.69) is 0 Å². The van der Waals surface area contributed by atoms with Crippen LogP contribution in [0, 0.1) is 0 Å². The van der Waals surface area contributed by atoms with Gasteiger partial charge < -0.3 is 22.3 Å². The van der Waals surface area contributed by atoms with E-state index in [0.29, 0.717) is 17.0 Å². The molecular formula is C14H17N3O2. The number of hydrogen-bond acceptors (Lipinski definition) is 5. The SMILES string of the molecule is NC1=CC(N)(C(=O)C(O)c2ccccc2)CC(N)=C1. The molecule has 0 spiro atoms. The van der Waals surface area contributed by atoms with Crippen molar-refractivity contribution in [2.45, 2.75) is 18.1 Å². The first-order valence-electron chi connectivity index (χ1n) is 5.93. The molecule has 1 aromatic rings. The van der Waals surface area contributed by atoms with Crippen LogP contribution in [0.1, 0.15) is 18.1 Å². The van der Waals surface area contributed by atoms with Gasteiger partial charge in [-0.25, -0.2) is 0 Å². The Morgan fingerprint density at radius 3 is 2.47 bits per heavy atom. The summed E-state index contributed by atoms with van der Waals surface area (Å²) in [5.41, 5.74) is 17.3. The van der Waals surface area contributed by atoms with Crippen molar-refractivity contribution in [3.63, 3.8) is 0 Å². The van der Waals surface area contributed by atoms with E-state index >= 15 is 0 Å². The molecule has 7 N–H and O–H groups in total. The van der Waals surface area contributed by atoms with Crippen molar-refractivity contribution in [1.29, 1.82) is 0 Å². The van der Waals surface area contributed by atoms with Crippen LogP contribution < -0.4 is 17.2 Å². The van der Waals surface area contributed by atoms with Crippen LogP contribution in [0.2, 0.25) is 0 Å². The normalized spacial score (nSPS) is 24.3. The number of benzene rings is 1. The van der Waals surface area contributed by atoms with E-state index in [1.165, 1.54) is 6.08 Å². The molecule has 0 amide bonds. The van der Waals surface area contributed by atoms with Gasteiger partial charge in [-0.1, -0.05) is 30.3 Å². The van der Waals surface area contributed by atoms with Gasteiger partial charge in [0.05, 0.1) is 0 Å². The van der Waals surface area contributed by atoms with E-state index in [-0.39, 0.29) is 6.42 Å². The molecule has 0 saturated carbocycles. The van der Waals surface area contributed by atoms with Crippen LogP contribution in [0.15, 0.2) is 53.9 Å². The number of aliphatic hydroxyl groups excluding tert-OH is 1. The molecule has 100 valence electrons. The fourth-order valence-corrected chi connectivity index (χ4v) is 2.19. The third kappa shape index (κ3) is 2.67. The Hall–Kier alpha value is -2.11. The summed E-state index contributed by atoms with van der Waals surface area (Å²) in [4.78, 5) is 12.4. The van der Waals surface area contributed by atoms with Gasteiger partial charge in [-0.3, -0.25) is 4.79 Å². The minimum absolute atomic E-state index is 0.149. The van der Waals surface area contributed by atoms with Crippen molar-refractivity contribution in [2.24, 2.45) is 17.2 Å². The molecule has 5 nitrogen and oxygen atoms in total. The highest BCUT2D eigenvalue weighted by atomic mass is 16.3. The largest absolute Gasteiger partial charge is 0.402 e. The van der Waals surface area contributed by atoms with Crippen LogP contribution in [-0.4, -0.2) is 16.4 Å². The van der Waals surface area contributed by atoms with Gasteiger partial charge in [0.25, 0.3) is 0 Å². The number of carbonyl (C=O) groups is 1. The number of ketones is 1. The van der Waals surface area contributed by atoms with Gasteiger partial charge in [0.15, 0.2) is 5.78 Å². The molecule has 2 atom stereocenters. The van der Waals surface area contributed by atoms with Crippen molar-refractivity contribution >= 4 is 5.78 Å². The molecule has 0 heterocycles. The molecule has 0 saturated heterocycles. The Balaban J connectivity index is 2.28. The van der Waals surface area contributed by atoms with E-state index in [0.717, 1.165) is 0 Å². The van der Waals surface area contributed by atoms with Gasteiger partial charge in [0, 0.05) is 17.8 Å². The smallest absolute Gasteiger partial charge is 0.189 e. The Bertz CT molecular complexity index is 551. The minimum Gasteiger partial charge on any atom is -0.402 e. The first kappa shape index (κ1) is 13.3. The number of carbonyl (C=O) groups excluding carboxylic acids is 1. The first-order valence-corrected chi connectivity index (χ1v) is 5.93. The zero-order valence-corrected chi connectivity index (χ0v) is 10.4. The highest BCUT2D eigenvalue weighted by Crippen LogP contribution is 2.27. The van der Waals surface area contributed by atoms with Gasteiger partial charge >= 0.3 is 0 Å². The molecule has 1 aromatic carbocycles. The molecule has 1 aliphatic rings. The van der Waals surface area contributed by atoms with Crippen LogP contribution in [0.5, 0.6) is 0 Å². The number of Topliss-reactive ketones (excluding diaryl/α,β-unsaturated/α-hetero) is 1. The van der Waals surface area contributed by atoms with Crippen molar-refractivity contribution in [1.82, 2.24) is 0 Å². The van der Waals surface area contributed by atoms with Gasteiger partial charge in [0.2, 0.25) is 0 Å². The quantitative estimate of drug-likeness (QED) is 0.613. The molecule has 1 aliphatic carbocycles. The minimum atomic E-state index is -1.36. The lowest BCUT2D eigenvalue weighted by Crippen LogP contribution is -2.51. The van der Waals surface area contributed by atoms with Crippen molar-refractivity contribution < 1.29 is 9.90 Å². The fourth-order valence-electron chi connectivity index (χ4n) is 2.19. The number of rotatable bonds is 3. The van der Waals surface area contributed by atoms with Gasteiger partial charge in [0.1, 0.15) is 11.6 Å². The second-order valence-electron chi connectivity index (χ2n) is 4.76. The van der Waals surface area contributed by atoms with E-state index in [4.69, 9.17) is 17.2 Å². The number of allylic oxidation sites excluding steroid dienone is 1. The number of nitrogens with two attached hydrogens (primary N) is 3. The fraction of sp³-hybridized carbons (Fsp3) is 0.214. The lowest BCUT2D eigenvalue weighted by molar-refractivity contribution is -0.131. The van der Waals surface area contributed by atoms with Crippen molar-refractivity contribution in [3.05, 3.63) is 59.4 Å².